The second-order valence-corrected chi connectivity index (χ2v) is 3.09. The maximum Gasteiger partial charge on any atom is 0.229 e. The molecule has 0 amide bonds. The Bertz CT molecular complexity index is 162. The summed E-state index contributed by atoms with van der Waals surface area (Å²) in [5.74, 6) is 0. The highest BCUT2D eigenvalue weighted by Gasteiger charge is 2.34. The molecule has 4 N–H and O–H groups in total. The van der Waals surface area contributed by atoms with Crippen molar-refractivity contribution in [2.45, 2.75) is 37.4 Å². The molecule has 0 radical (unpaired) electrons. The molecule has 5 nitrogen and oxygen atoms in total. The third-order valence-corrected chi connectivity index (χ3v) is 2.18. The van der Waals surface area contributed by atoms with E-state index in [0.717, 1.165) is 6.42 Å². The summed E-state index contributed by atoms with van der Waals surface area (Å²) < 4.78 is 0. The molecule has 5 heteroatoms. The van der Waals surface area contributed by atoms with E-state index in [1.54, 1.807) is 0 Å². The van der Waals surface area contributed by atoms with Crippen molar-refractivity contribution in [3.8, 4) is 0 Å². The topological polar surface area (TPSA) is 95.2 Å². The molecule has 0 aliphatic heterocycles. The molecule has 1 rings (SSSR count). The number of nitro groups is 1. The summed E-state index contributed by atoms with van der Waals surface area (Å²) in [6, 6.07) is -0.964. The molecule has 3 unspecified atom stereocenters. The molecule has 0 bridgehead atoms. The van der Waals surface area contributed by atoms with E-state index in [9.17, 15) is 10.1 Å². The van der Waals surface area contributed by atoms with E-state index >= 15 is 0 Å². The van der Waals surface area contributed by atoms with Gasteiger partial charge in [0.15, 0.2) is 0 Å². The highest BCUT2D eigenvalue weighted by Crippen LogP contribution is 2.18. The predicted octanol–water partition coefficient (Wildman–Crippen LogP) is -0.530. The molecule has 0 saturated heterocycles. The molecule has 11 heavy (non-hydrogen) atoms. The first-order valence-electron chi connectivity index (χ1n) is 3.76. The standard InChI is InChI=1S/C6H13N3O2/c7-4-1-2-5(8)6(3-4)9(10)11/h4-6H,1-3,7-8H2. The van der Waals surface area contributed by atoms with Crippen LogP contribution in [0, 0.1) is 10.1 Å². The van der Waals surface area contributed by atoms with Gasteiger partial charge >= 0.3 is 0 Å². The van der Waals surface area contributed by atoms with Crippen LogP contribution in [0.25, 0.3) is 0 Å². The molecule has 0 heterocycles. The van der Waals surface area contributed by atoms with Crippen LogP contribution in [0.5, 0.6) is 0 Å². The van der Waals surface area contributed by atoms with Gasteiger partial charge < -0.3 is 11.5 Å². The monoisotopic (exact) mass is 159 g/mol. The van der Waals surface area contributed by atoms with Crippen molar-refractivity contribution in [1.29, 1.82) is 0 Å². The summed E-state index contributed by atoms with van der Waals surface area (Å²) in [5.41, 5.74) is 11.1. The van der Waals surface area contributed by atoms with E-state index in [1.807, 2.05) is 0 Å². The summed E-state index contributed by atoms with van der Waals surface area (Å²) in [6.07, 6.45) is 1.91. The normalized spacial score (nSPS) is 38.5. The lowest BCUT2D eigenvalue weighted by molar-refractivity contribution is -0.529. The third-order valence-electron chi connectivity index (χ3n) is 2.18. The first kappa shape index (κ1) is 8.42. The average Bonchev–Trinajstić information content (AvgIpc) is 1.94. The van der Waals surface area contributed by atoms with Crippen LogP contribution in [0.15, 0.2) is 0 Å². The number of nitrogens with two attached hydrogens (primary N) is 2. The first-order chi connectivity index (χ1) is 5.11. The molecule has 0 spiro atoms. The molecular weight excluding hydrogens is 146 g/mol. The quantitative estimate of drug-likeness (QED) is 0.397. The van der Waals surface area contributed by atoms with Crippen molar-refractivity contribution in [1.82, 2.24) is 0 Å². The van der Waals surface area contributed by atoms with Crippen LogP contribution in [-0.2, 0) is 0 Å². The predicted molar refractivity (Wildman–Crippen MR) is 40.6 cm³/mol. The molecule has 0 aromatic carbocycles. The lowest BCUT2D eigenvalue weighted by Gasteiger charge is -2.25. The van der Waals surface area contributed by atoms with Crippen molar-refractivity contribution in [3.05, 3.63) is 10.1 Å². The highest BCUT2D eigenvalue weighted by molar-refractivity contribution is 4.84. The Morgan fingerprint density at radius 2 is 2.00 bits per heavy atom. The molecule has 64 valence electrons. The fourth-order valence-corrected chi connectivity index (χ4v) is 1.44. The lowest BCUT2D eigenvalue weighted by atomic mass is 9.88. The largest absolute Gasteiger partial charge is 0.327 e. The van der Waals surface area contributed by atoms with Crippen LogP contribution >= 0.6 is 0 Å². The van der Waals surface area contributed by atoms with Crippen molar-refractivity contribution in [3.63, 3.8) is 0 Å². The Balaban J connectivity index is 2.54. The summed E-state index contributed by atoms with van der Waals surface area (Å²) in [5, 5.41) is 10.4. The zero-order valence-corrected chi connectivity index (χ0v) is 6.27. The van der Waals surface area contributed by atoms with Gasteiger partial charge in [0.1, 0.15) is 0 Å². The molecule has 1 aliphatic rings. The van der Waals surface area contributed by atoms with E-state index in [-0.39, 0.29) is 17.0 Å². The second kappa shape index (κ2) is 3.15. The minimum absolute atomic E-state index is 0.0369. The van der Waals surface area contributed by atoms with Crippen molar-refractivity contribution in [2.75, 3.05) is 0 Å². The van der Waals surface area contributed by atoms with Gasteiger partial charge in [-0.15, -0.1) is 0 Å². The maximum atomic E-state index is 10.4. The van der Waals surface area contributed by atoms with E-state index < -0.39 is 6.04 Å². The van der Waals surface area contributed by atoms with Gasteiger partial charge in [0.2, 0.25) is 6.04 Å². The maximum absolute atomic E-state index is 10.4. The Hall–Kier alpha value is -0.680. The molecule has 0 aromatic rings. The first-order valence-corrected chi connectivity index (χ1v) is 3.76. The van der Waals surface area contributed by atoms with E-state index in [4.69, 9.17) is 11.5 Å². The van der Waals surface area contributed by atoms with Crippen molar-refractivity contribution in [2.24, 2.45) is 11.5 Å². The minimum atomic E-state index is -0.626. The zero-order chi connectivity index (χ0) is 8.43. The van der Waals surface area contributed by atoms with E-state index in [1.165, 1.54) is 0 Å². The van der Waals surface area contributed by atoms with Gasteiger partial charge in [-0.25, -0.2) is 0 Å². The number of hydrogen-bond acceptors (Lipinski definition) is 4. The summed E-state index contributed by atoms with van der Waals surface area (Å²) in [6.45, 7) is 0. The fourth-order valence-electron chi connectivity index (χ4n) is 1.44. The van der Waals surface area contributed by atoms with Crippen LogP contribution in [0.2, 0.25) is 0 Å². The van der Waals surface area contributed by atoms with Crippen molar-refractivity contribution >= 4 is 0 Å². The Morgan fingerprint density at radius 1 is 1.36 bits per heavy atom. The number of hydrogen-bond donors (Lipinski definition) is 2. The average molecular weight is 159 g/mol. The summed E-state index contributed by atoms with van der Waals surface area (Å²) >= 11 is 0. The molecule has 1 saturated carbocycles. The Morgan fingerprint density at radius 3 is 2.45 bits per heavy atom. The van der Waals surface area contributed by atoms with Crippen LogP contribution in [0.4, 0.5) is 0 Å². The van der Waals surface area contributed by atoms with Crippen LogP contribution in [-0.4, -0.2) is 23.0 Å². The van der Waals surface area contributed by atoms with Crippen molar-refractivity contribution < 1.29 is 4.92 Å². The van der Waals surface area contributed by atoms with Crippen LogP contribution in [0.1, 0.15) is 19.3 Å². The van der Waals surface area contributed by atoms with Gasteiger partial charge in [0.25, 0.3) is 0 Å². The SMILES string of the molecule is NC1CCC(N)C([N+](=O)[O-])C1. The zero-order valence-electron chi connectivity index (χ0n) is 6.27. The summed E-state index contributed by atoms with van der Waals surface area (Å²) in [4.78, 5) is 10.1. The summed E-state index contributed by atoms with van der Waals surface area (Å²) in [7, 11) is 0. The Kier molecular flexibility index (Phi) is 2.41. The number of nitrogens with zero attached hydrogens (tertiary/aromatic N) is 1. The lowest BCUT2D eigenvalue weighted by Crippen LogP contribution is -2.48. The van der Waals surface area contributed by atoms with Crippen LogP contribution in [0.3, 0.4) is 0 Å². The van der Waals surface area contributed by atoms with Gasteiger partial charge in [-0.1, -0.05) is 0 Å². The molecule has 0 aromatic heterocycles. The highest BCUT2D eigenvalue weighted by atomic mass is 16.6. The third kappa shape index (κ3) is 1.87. The smallest absolute Gasteiger partial charge is 0.229 e. The van der Waals surface area contributed by atoms with E-state index in [2.05, 4.69) is 0 Å². The molecular formula is C6H13N3O2. The molecule has 1 aliphatic carbocycles. The van der Waals surface area contributed by atoms with Gasteiger partial charge in [0.05, 0.1) is 6.04 Å². The van der Waals surface area contributed by atoms with Crippen LogP contribution < -0.4 is 11.5 Å². The second-order valence-electron chi connectivity index (χ2n) is 3.09. The molecule has 1 fully saturated rings. The van der Waals surface area contributed by atoms with E-state index in [0.29, 0.717) is 12.8 Å². The van der Waals surface area contributed by atoms with Gasteiger partial charge in [-0.2, -0.15) is 0 Å². The minimum Gasteiger partial charge on any atom is -0.327 e. The number of rotatable bonds is 1. The Labute approximate surface area is 64.9 Å². The van der Waals surface area contributed by atoms with Gasteiger partial charge in [-0.3, -0.25) is 10.1 Å². The van der Waals surface area contributed by atoms with Gasteiger partial charge in [-0.05, 0) is 12.8 Å². The fraction of sp³-hybridized carbons (Fsp3) is 1.00. The molecule has 3 atom stereocenters. The van der Waals surface area contributed by atoms with Gasteiger partial charge in [0, 0.05) is 17.4 Å².